The molecule has 1 aliphatic rings. The fourth-order valence-corrected chi connectivity index (χ4v) is 6.65. The van der Waals surface area contributed by atoms with Crippen molar-refractivity contribution in [2.45, 2.75) is 6.17 Å². The van der Waals surface area contributed by atoms with Crippen LogP contribution in [0.1, 0.15) is 22.9 Å². The van der Waals surface area contributed by atoms with E-state index < -0.39 is 0 Å². The summed E-state index contributed by atoms with van der Waals surface area (Å²) in [6.07, 6.45) is -0.250. The normalized spacial score (nSPS) is 14.9. The van der Waals surface area contributed by atoms with Gasteiger partial charge in [0.2, 0.25) is 0 Å². The minimum atomic E-state index is -0.250. The van der Waals surface area contributed by atoms with Crippen molar-refractivity contribution in [3.63, 3.8) is 0 Å². The largest absolute Gasteiger partial charge is 0.344 e. The van der Waals surface area contributed by atoms with Crippen molar-refractivity contribution in [3.8, 4) is 5.69 Å². The molecule has 0 amide bonds. The Kier molecular flexibility index (Phi) is 5.85. The third-order valence-electron chi connectivity index (χ3n) is 8.82. The Bertz CT molecular complexity index is 2410. The summed E-state index contributed by atoms with van der Waals surface area (Å²) in [7, 11) is 0. The van der Waals surface area contributed by atoms with Gasteiger partial charge in [0, 0.05) is 27.3 Å². The lowest BCUT2D eigenvalue weighted by atomic mass is 10.0. The maximum atomic E-state index is 5.12. The van der Waals surface area contributed by atoms with Crippen molar-refractivity contribution in [3.05, 3.63) is 174 Å². The van der Waals surface area contributed by atoms with Crippen LogP contribution in [-0.2, 0) is 0 Å². The Labute approximate surface area is 260 Å². The van der Waals surface area contributed by atoms with Crippen LogP contribution in [0, 0.1) is 0 Å². The third-order valence-corrected chi connectivity index (χ3v) is 8.82. The van der Waals surface area contributed by atoms with Gasteiger partial charge in [-0.3, -0.25) is 0 Å². The summed E-state index contributed by atoms with van der Waals surface area (Å²) < 4.78 is 2.39. The number of nitrogens with one attached hydrogen (secondary N) is 1. The first kappa shape index (κ1) is 25.5. The molecule has 1 aliphatic heterocycles. The molecule has 8 aromatic rings. The Morgan fingerprint density at radius 3 is 1.93 bits per heavy atom. The van der Waals surface area contributed by atoms with E-state index in [1.54, 1.807) is 0 Å². The molecule has 4 nitrogen and oxygen atoms in total. The van der Waals surface area contributed by atoms with Crippen LogP contribution in [0.4, 0.5) is 0 Å². The molecule has 1 atom stereocenters. The molecular formula is C41H28N4. The second-order valence-electron chi connectivity index (χ2n) is 11.5. The highest BCUT2D eigenvalue weighted by molar-refractivity contribution is 6.15. The third kappa shape index (κ3) is 4.30. The molecule has 0 saturated heterocycles. The van der Waals surface area contributed by atoms with Crippen molar-refractivity contribution >= 4 is 55.0 Å². The van der Waals surface area contributed by atoms with Crippen molar-refractivity contribution in [2.24, 2.45) is 9.98 Å². The van der Waals surface area contributed by atoms with Crippen molar-refractivity contribution in [1.29, 1.82) is 0 Å². The highest BCUT2D eigenvalue weighted by Gasteiger charge is 2.22. The zero-order chi connectivity index (χ0) is 29.7. The quantitative estimate of drug-likeness (QED) is 0.223. The molecule has 4 heteroatoms. The predicted molar refractivity (Wildman–Crippen MR) is 188 cm³/mol. The molecule has 0 fully saturated rings. The van der Waals surface area contributed by atoms with Gasteiger partial charge in [0.05, 0.1) is 16.7 Å². The highest BCUT2D eigenvalue weighted by atomic mass is 15.2. The van der Waals surface area contributed by atoms with Crippen LogP contribution >= 0.6 is 0 Å². The van der Waals surface area contributed by atoms with Crippen LogP contribution in [0.5, 0.6) is 0 Å². The van der Waals surface area contributed by atoms with Gasteiger partial charge in [-0.1, -0.05) is 127 Å². The molecule has 212 valence electrons. The summed E-state index contributed by atoms with van der Waals surface area (Å²) in [6, 6.07) is 55.7. The number of rotatable bonds is 4. The zero-order valence-electron chi connectivity index (χ0n) is 24.4. The van der Waals surface area contributed by atoms with Gasteiger partial charge in [-0.15, -0.1) is 0 Å². The Balaban J connectivity index is 1.19. The second kappa shape index (κ2) is 10.3. The van der Waals surface area contributed by atoms with E-state index in [-0.39, 0.29) is 6.17 Å². The van der Waals surface area contributed by atoms with E-state index in [1.165, 1.54) is 38.0 Å². The number of aliphatic imine (C=N–C) groups is 2. The van der Waals surface area contributed by atoms with Gasteiger partial charge in [0.25, 0.3) is 0 Å². The first-order valence-electron chi connectivity index (χ1n) is 15.3. The molecule has 1 unspecified atom stereocenters. The lowest BCUT2D eigenvalue weighted by Crippen LogP contribution is -2.33. The first-order chi connectivity index (χ1) is 22.3. The standard InChI is InChI=1S/C41H28N4/c1-2-12-28(13-3-1)39-42-40(31-22-21-27-11-4-5-14-29(27)25-31)44-41(43-39)32-23-24-33-30(26-32)15-10-20-36(33)45-37-18-8-6-16-34(37)35-17-7-9-19-38(35)45/h1-26,39H,(H,42,43,44). The predicted octanol–water partition coefficient (Wildman–Crippen LogP) is 9.59. The lowest BCUT2D eigenvalue weighted by Gasteiger charge is -2.24. The molecule has 1 N–H and O–H groups in total. The average molecular weight is 577 g/mol. The van der Waals surface area contributed by atoms with E-state index in [9.17, 15) is 0 Å². The van der Waals surface area contributed by atoms with Crippen LogP contribution in [0.3, 0.4) is 0 Å². The van der Waals surface area contributed by atoms with Crippen molar-refractivity contribution in [1.82, 2.24) is 9.88 Å². The number of benzene rings is 7. The van der Waals surface area contributed by atoms with Crippen LogP contribution in [-0.4, -0.2) is 16.2 Å². The molecule has 0 saturated carbocycles. The number of hydrogen-bond acceptors (Lipinski definition) is 3. The molecule has 45 heavy (non-hydrogen) atoms. The van der Waals surface area contributed by atoms with E-state index >= 15 is 0 Å². The number of para-hydroxylation sites is 2. The average Bonchev–Trinajstić information content (AvgIpc) is 3.45. The van der Waals surface area contributed by atoms with Crippen LogP contribution in [0.25, 0.3) is 49.0 Å². The molecular weight excluding hydrogens is 548 g/mol. The summed E-state index contributed by atoms with van der Waals surface area (Å²) in [6.45, 7) is 0. The van der Waals surface area contributed by atoms with Gasteiger partial charge in [-0.2, -0.15) is 0 Å². The highest BCUT2D eigenvalue weighted by Crippen LogP contribution is 2.35. The number of aromatic nitrogens is 1. The Hall–Kier alpha value is -6.00. The topological polar surface area (TPSA) is 41.7 Å². The smallest absolute Gasteiger partial charge is 0.159 e. The SMILES string of the molecule is c1ccc(C2N=C(c3ccc4ccccc4c3)N=C(c3ccc4c(-n5c6ccccc6c6ccccc65)cccc4c3)N2)cc1. The molecule has 1 aromatic heterocycles. The summed E-state index contributed by atoms with van der Waals surface area (Å²) in [5, 5.41) is 10.9. The molecule has 7 aromatic carbocycles. The fourth-order valence-electron chi connectivity index (χ4n) is 6.65. The van der Waals surface area contributed by atoms with Crippen LogP contribution in [0.15, 0.2) is 168 Å². The molecule has 2 heterocycles. The van der Waals surface area contributed by atoms with Gasteiger partial charge in [-0.05, 0) is 52.1 Å². The molecule has 0 bridgehead atoms. The molecule has 0 radical (unpaired) electrons. The monoisotopic (exact) mass is 576 g/mol. The van der Waals surface area contributed by atoms with Crippen LogP contribution < -0.4 is 5.32 Å². The van der Waals surface area contributed by atoms with E-state index in [4.69, 9.17) is 9.98 Å². The fraction of sp³-hybridized carbons (Fsp3) is 0.0244. The van der Waals surface area contributed by atoms with E-state index in [1.807, 2.05) is 6.07 Å². The van der Waals surface area contributed by atoms with Gasteiger partial charge >= 0.3 is 0 Å². The van der Waals surface area contributed by atoms with Crippen molar-refractivity contribution < 1.29 is 0 Å². The summed E-state index contributed by atoms with van der Waals surface area (Å²) >= 11 is 0. The number of amidine groups is 2. The van der Waals surface area contributed by atoms with Gasteiger partial charge in [0.1, 0.15) is 12.0 Å². The van der Waals surface area contributed by atoms with E-state index in [0.29, 0.717) is 0 Å². The minimum Gasteiger partial charge on any atom is -0.344 e. The van der Waals surface area contributed by atoms with Crippen molar-refractivity contribution in [2.75, 3.05) is 0 Å². The lowest BCUT2D eigenvalue weighted by molar-refractivity contribution is 0.674. The molecule has 9 rings (SSSR count). The number of hydrogen-bond donors (Lipinski definition) is 1. The Morgan fingerprint density at radius 1 is 0.489 bits per heavy atom. The Morgan fingerprint density at radius 2 is 1.13 bits per heavy atom. The molecule has 0 aliphatic carbocycles. The zero-order valence-corrected chi connectivity index (χ0v) is 24.4. The van der Waals surface area contributed by atoms with Gasteiger partial charge in [0.15, 0.2) is 5.84 Å². The summed E-state index contributed by atoms with van der Waals surface area (Å²) in [5.74, 6) is 1.54. The number of nitrogens with zero attached hydrogens (tertiary/aromatic N) is 3. The number of fused-ring (bicyclic) bond motifs is 5. The first-order valence-corrected chi connectivity index (χ1v) is 15.3. The van der Waals surface area contributed by atoms with Gasteiger partial charge in [-0.25, -0.2) is 9.98 Å². The van der Waals surface area contributed by atoms with E-state index in [2.05, 4.69) is 162 Å². The van der Waals surface area contributed by atoms with E-state index in [0.717, 1.165) is 39.4 Å². The maximum Gasteiger partial charge on any atom is 0.159 e. The minimum absolute atomic E-state index is 0.250. The molecule has 0 spiro atoms. The van der Waals surface area contributed by atoms with Gasteiger partial charge < -0.3 is 9.88 Å². The maximum absolute atomic E-state index is 5.12. The summed E-state index contributed by atoms with van der Waals surface area (Å²) in [4.78, 5) is 10.2. The summed E-state index contributed by atoms with van der Waals surface area (Å²) in [5.41, 5.74) is 6.69. The van der Waals surface area contributed by atoms with Crippen LogP contribution in [0.2, 0.25) is 0 Å². The second-order valence-corrected chi connectivity index (χ2v) is 11.5.